The van der Waals surface area contributed by atoms with Gasteiger partial charge in [0.15, 0.2) is 0 Å². The summed E-state index contributed by atoms with van der Waals surface area (Å²) in [5.74, 6) is 0.987. The zero-order chi connectivity index (χ0) is 21.6. The number of aryl methyl sites for hydroxylation is 1. The van der Waals surface area contributed by atoms with Crippen molar-refractivity contribution in [3.05, 3.63) is 47.9 Å². The number of carbonyl (C=O) groups excluding carboxylic acids is 2. The van der Waals surface area contributed by atoms with Crippen LogP contribution in [0.25, 0.3) is 0 Å². The largest absolute Gasteiger partial charge is 0.490 e. The molecule has 0 radical (unpaired) electrons. The molecule has 7 nitrogen and oxygen atoms in total. The van der Waals surface area contributed by atoms with Gasteiger partial charge in [0.05, 0.1) is 5.69 Å². The Morgan fingerprint density at radius 3 is 2.58 bits per heavy atom. The van der Waals surface area contributed by atoms with E-state index >= 15 is 0 Å². The quantitative estimate of drug-likeness (QED) is 0.707. The molecule has 1 aromatic heterocycles. The van der Waals surface area contributed by atoms with Crippen LogP contribution in [0.1, 0.15) is 55.3 Å². The molecule has 2 saturated heterocycles. The Bertz CT molecular complexity index is 876. The van der Waals surface area contributed by atoms with Crippen LogP contribution in [0.3, 0.4) is 0 Å². The van der Waals surface area contributed by atoms with E-state index in [4.69, 9.17) is 9.26 Å². The summed E-state index contributed by atoms with van der Waals surface area (Å²) >= 11 is 0. The van der Waals surface area contributed by atoms with Crippen LogP contribution in [-0.2, 0) is 11.2 Å². The monoisotopic (exact) mass is 425 g/mol. The topological polar surface area (TPSA) is 75.9 Å². The number of piperidine rings is 2. The van der Waals surface area contributed by atoms with Crippen LogP contribution < -0.4 is 4.74 Å². The Morgan fingerprint density at radius 1 is 1.10 bits per heavy atom. The Kier molecular flexibility index (Phi) is 6.89. The number of benzene rings is 1. The SMILES string of the molecule is CCc1cc(C(=O)N2CC[C@H](Oc3ccccc3)[C@@H](CC(=O)N3CCCCC3)C2)on1. The lowest BCUT2D eigenvalue weighted by atomic mass is 9.90. The van der Waals surface area contributed by atoms with E-state index in [-0.39, 0.29) is 29.6 Å². The zero-order valence-corrected chi connectivity index (χ0v) is 18.2. The van der Waals surface area contributed by atoms with Gasteiger partial charge < -0.3 is 19.1 Å². The molecule has 2 aromatic rings. The highest BCUT2D eigenvalue weighted by molar-refractivity contribution is 5.91. The Labute approximate surface area is 183 Å². The number of aromatic nitrogens is 1. The fourth-order valence-electron chi connectivity index (χ4n) is 4.45. The molecule has 1 aromatic carbocycles. The van der Waals surface area contributed by atoms with Crippen molar-refractivity contribution in [3.8, 4) is 5.75 Å². The van der Waals surface area contributed by atoms with E-state index in [1.54, 1.807) is 11.0 Å². The van der Waals surface area contributed by atoms with Gasteiger partial charge >= 0.3 is 0 Å². The first-order valence-electron chi connectivity index (χ1n) is 11.4. The Hall–Kier alpha value is -2.83. The van der Waals surface area contributed by atoms with Crippen LogP contribution in [0, 0.1) is 5.92 Å². The zero-order valence-electron chi connectivity index (χ0n) is 18.2. The molecule has 2 aliphatic rings. The molecule has 31 heavy (non-hydrogen) atoms. The van der Waals surface area contributed by atoms with Crippen molar-refractivity contribution >= 4 is 11.8 Å². The van der Waals surface area contributed by atoms with Gasteiger partial charge in [-0.3, -0.25) is 9.59 Å². The minimum absolute atomic E-state index is 0.0686. The van der Waals surface area contributed by atoms with Crippen molar-refractivity contribution in [1.29, 1.82) is 0 Å². The van der Waals surface area contributed by atoms with E-state index in [1.807, 2.05) is 42.2 Å². The van der Waals surface area contributed by atoms with Gasteiger partial charge in [-0.2, -0.15) is 0 Å². The normalized spacial score (nSPS) is 21.7. The molecule has 4 rings (SSSR count). The third-order valence-electron chi connectivity index (χ3n) is 6.26. The highest BCUT2D eigenvalue weighted by Gasteiger charge is 2.36. The Balaban J connectivity index is 1.47. The van der Waals surface area contributed by atoms with E-state index in [0.717, 1.165) is 43.8 Å². The molecular formula is C24H31N3O4. The van der Waals surface area contributed by atoms with Crippen LogP contribution in [0.4, 0.5) is 0 Å². The summed E-state index contributed by atoms with van der Waals surface area (Å²) in [6, 6.07) is 11.4. The first-order chi connectivity index (χ1) is 15.1. The Morgan fingerprint density at radius 2 is 1.87 bits per heavy atom. The summed E-state index contributed by atoms with van der Waals surface area (Å²) in [6.45, 7) is 4.66. The van der Waals surface area contributed by atoms with Crippen molar-refractivity contribution in [2.75, 3.05) is 26.2 Å². The van der Waals surface area contributed by atoms with Crippen molar-refractivity contribution in [2.24, 2.45) is 5.92 Å². The second kappa shape index (κ2) is 9.98. The molecule has 0 aliphatic carbocycles. The molecule has 0 N–H and O–H groups in total. The maximum Gasteiger partial charge on any atom is 0.292 e. The minimum atomic E-state index is -0.166. The van der Waals surface area contributed by atoms with Gasteiger partial charge in [0.25, 0.3) is 5.91 Å². The van der Waals surface area contributed by atoms with Gasteiger partial charge in [0, 0.05) is 51.0 Å². The highest BCUT2D eigenvalue weighted by Crippen LogP contribution is 2.28. The molecular weight excluding hydrogens is 394 g/mol. The first-order valence-corrected chi connectivity index (χ1v) is 11.4. The lowest BCUT2D eigenvalue weighted by molar-refractivity contribution is -0.134. The molecule has 0 spiro atoms. The maximum absolute atomic E-state index is 13.0. The highest BCUT2D eigenvalue weighted by atomic mass is 16.5. The standard InChI is InChI=1S/C24H31N3O4/c1-2-19-16-22(31-25-19)24(29)27-14-11-21(30-20-9-5-3-6-10-20)18(17-27)15-23(28)26-12-7-4-8-13-26/h3,5-6,9-10,16,18,21H,2,4,7-8,11-15,17H2,1H3/t18-,21-/m0/s1. The smallest absolute Gasteiger partial charge is 0.292 e. The van der Waals surface area contributed by atoms with Crippen molar-refractivity contribution in [1.82, 2.24) is 15.0 Å². The molecule has 0 bridgehead atoms. The van der Waals surface area contributed by atoms with Crippen LogP contribution in [0.15, 0.2) is 40.9 Å². The number of ether oxygens (including phenoxy) is 1. The second-order valence-electron chi connectivity index (χ2n) is 8.45. The molecule has 3 heterocycles. The molecule has 2 fully saturated rings. The number of nitrogens with zero attached hydrogens (tertiary/aromatic N) is 3. The van der Waals surface area contributed by atoms with E-state index in [9.17, 15) is 9.59 Å². The van der Waals surface area contributed by atoms with Crippen molar-refractivity contribution in [3.63, 3.8) is 0 Å². The third-order valence-corrected chi connectivity index (χ3v) is 6.26. The number of likely N-dealkylation sites (tertiary alicyclic amines) is 2. The van der Waals surface area contributed by atoms with Crippen molar-refractivity contribution in [2.45, 2.75) is 51.6 Å². The van der Waals surface area contributed by atoms with Crippen molar-refractivity contribution < 1.29 is 18.8 Å². The van der Waals surface area contributed by atoms with Crippen LogP contribution >= 0.6 is 0 Å². The third kappa shape index (κ3) is 5.27. The van der Waals surface area contributed by atoms with Gasteiger partial charge in [-0.1, -0.05) is 30.3 Å². The summed E-state index contributed by atoms with van der Waals surface area (Å²) < 4.78 is 11.5. The van der Waals surface area contributed by atoms with Crippen LogP contribution in [-0.4, -0.2) is 59.1 Å². The van der Waals surface area contributed by atoms with Crippen LogP contribution in [0.2, 0.25) is 0 Å². The number of hydrogen-bond acceptors (Lipinski definition) is 5. The number of carbonyl (C=O) groups is 2. The maximum atomic E-state index is 13.0. The number of amides is 2. The molecule has 2 atom stereocenters. The number of hydrogen-bond donors (Lipinski definition) is 0. The predicted octanol–water partition coefficient (Wildman–Crippen LogP) is 3.55. The van der Waals surface area contributed by atoms with E-state index in [0.29, 0.717) is 25.9 Å². The summed E-state index contributed by atoms with van der Waals surface area (Å²) in [6.07, 6.45) is 4.99. The van der Waals surface area contributed by atoms with Crippen LogP contribution in [0.5, 0.6) is 5.75 Å². The molecule has 0 unspecified atom stereocenters. The lowest BCUT2D eigenvalue weighted by Gasteiger charge is -2.39. The average molecular weight is 426 g/mol. The van der Waals surface area contributed by atoms with Gasteiger partial charge in [0.1, 0.15) is 11.9 Å². The average Bonchev–Trinajstić information content (AvgIpc) is 3.30. The number of para-hydroxylation sites is 1. The molecule has 2 amide bonds. The molecule has 7 heteroatoms. The fourth-order valence-corrected chi connectivity index (χ4v) is 4.45. The van der Waals surface area contributed by atoms with Gasteiger partial charge in [-0.05, 0) is 37.8 Å². The summed E-state index contributed by atoms with van der Waals surface area (Å²) in [5, 5.41) is 3.94. The van der Waals surface area contributed by atoms with E-state index < -0.39 is 0 Å². The number of rotatable bonds is 6. The predicted molar refractivity (Wildman–Crippen MR) is 116 cm³/mol. The second-order valence-corrected chi connectivity index (χ2v) is 8.45. The van der Waals surface area contributed by atoms with Gasteiger partial charge in [-0.15, -0.1) is 0 Å². The summed E-state index contributed by atoms with van der Waals surface area (Å²) in [5.41, 5.74) is 0.766. The summed E-state index contributed by atoms with van der Waals surface area (Å²) in [4.78, 5) is 29.7. The summed E-state index contributed by atoms with van der Waals surface area (Å²) in [7, 11) is 0. The van der Waals surface area contributed by atoms with E-state index in [1.165, 1.54) is 6.42 Å². The molecule has 2 aliphatic heterocycles. The fraction of sp³-hybridized carbons (Fsp3) is 0.542. The van der Waals surface area contributed by atoms with E-state index in [2.05, 4.69) is 5.16 Å². The van der Waals surface area contributed by atoms with Gasteiger partial charge in [-0.25, -0.2) is 0 Å². The van der Waals surface area contributed by atoms with Gasteiger partial charge in [0.2, 0.25) is 11.7 Å². The molecule has 0 saturated carbocycles. The lowest BCUT2D eigenvalue weighted by Crippen LogP contribution is -2.49. The molecule has 166 valence electrons. The first kappa shape index (κ1) is 21.4. The minimum Gasteiger partial charge on any atom is -0.490 e.